The molecule has 2 rings (SSSR count). The molecule has 0 aliphatic rings. The van der Waals surface area contributed by atoms with Crippen LogP contribution in [-0.2, 0) is 11.9 Å². The van der Waals surface area contributed by atoms with E-state index in [1.165, 1.54) is 5.56 Å². The number of hydrogen-bond donors (Lipinski definition) is 0. The van der Waals surface area contributed by atoms with Crippen LogP contribution in [0.5, 0.6) is 17.2 Å². The lowest BCUT2D eigenvalue weighted by Gasteiger charge is -2.12. The third-order valence-electron chi connectivity index (χ3n) is 2.99. The Morgan fingerprint density at radius 1 is 0.857 bits per heavy atom. The second kappa shape index (κ2) is 7.71. The number of rotatable bonds is 6. The molecule has 0 aromatic heterocycles. The normalized spacial score (nSPS) is 10.3. The Labute approximate surface area is 141 Å². The third kappa shape index (κ3) is 4.14. The molecule has 0 radical (unpaired) electrons. The Kier molecular flexibility index (Phi) is 5.94. The molecule has 0 heterocycles. The zero-order valence-corrected chi connectivity index (χ0v) is 15.0. The molecule has 0 bridgehead atoms. The Hall–Kier alpha value is -1.20. The van der Waals surface area contributed by atoms with Gasteiger partial charge >= 0.3 is 0 Å². The Bertz CT molecular complexity index is 614. The molecule has 0 amide bonds. The molecule has 5 heteroatoms. The second-order valence-electron chi connectivity index (χ2n) is 4.38. The molecule has 0 spiro atoms. The maximum atomic E-state index is 5.84. The number of hydrogen-bond acceptors (Lipinski definition) is 3. The van der Waals surface area contributed by atoms with Gasteiger partial charge in [-0.25, -0.2) is 0 Å². The van der Waals surface area contributed by atoms with E-state index in [0.29, 0.717) is 18.1 Å². The summed E-state index contributed by atoms with van der Waals surface area (Å²) in [5.41, 5.74) is 2.21. The van der Waals surface area contributed by atoms with Gasteiger partial charge in [-0.3, -0.25) is 0 Å². The van der Waals surface area contributed by atoms with E-state index in [-0.39, 0.29) is 0 Å². The highest BCUT2D eigenvalue weighted by Crippen LogP contribution is 2.30. The van der Waals surface area contributed by atoms with E-state index in [4.69, 9.17) is 14.2 Å². The van der Waals surface area contributed by atoms with Gasteiger partial charge in [0.15, 0.2) is 11.5 Å². The van der Waals surface area contributed by atoms with Crippen molar-refractivity contribution in [2.24, 2.45) is 0 Å². The molecule has 0 fully saturated rings. The van der Waals surface area contributed by atoms with Crippen molar-refractivity contribution in [1.82, 2.24) is 0 Å². The van der Waals surface area contributed by atoms with E-state index < -0.39 is 0 Å². The van der Waals surface area contributed by atoms with E-state index in [2.05, 4.69) is 31.9 Å². The predicted octanol–water partition coefficient (Wildman–Crippen LogP) is 4.94. The summed E-state index contributed by atoms with van der Waals surface area (Å²) in [6, 6.07) is 11.8. The highest BCUT2D eigenvalue weighted by molar-refractivity contribution is 9.10. The highest BCUT2D eigenvalue weighted by atomic mass is 79.9. The van der Waals surface area contributed by atoms with Crippen molar-refractivity contribution >= 4 is 31.9 Å². The SMILES string of the molecule is COc1ccc(COc2ccc(CBr)cc2Br)cc1OC. The quantitative estimate of drug-likeness (QED) is 0.625. The van der Waals surface area contributed by atoms with Gasteiger partial charge in [0.1, 0.15) is 12.4 Å². The van der Waals surface area contributed by atoms with Crippen LogP contribution >= 0.6 is 31.9 Å². The number of ether oxygens (including phenoxy) is 3. The average Bonchev–Trinajstić information content (AvgIpc) is 2.53. The minimum atomic E-state index is 0.465. The molecule has 2 aromatic carbocycles. The number of alkyl halides is 1. The second-order valence-corrected chi connectivity index (χ2v) is 5.79. The molecule has 0 aliphatic carbocycles. The van der Waals surface area contributed by atoms with Crippen LogP contribution < -0.4 is 14.2 Å². The van der Waals surface area contributed by atoms with Crippen molar-refractivity contribution in [2.75, 3.05) is 14.2 Å². The van der Waals surface area contributed by atoms with Crippen molar-refractivity contribution in [3.63, 3.8) is 0 Å². The smallest absolute Gasteiger partial charge is 0.161 e. The van der Waals surface area contributed by atoms with Crippen LogP contribution in [0.4, 0.5) is 0 Å². The summed E-state index contributed by atoms with van der Waals surface area (Å²) < 4.78 is 17.3. The van der Waals surface area contributed by atoms with Crippen molar-refractivity contribution < 1.29 is 14.2 Å². The predicted molar refractivity (Wildman–Crippen MR) is 90.7 cm³/mol. The summed E-state index contributed by atoms with van der Waals surface area (Å²) in [5.74, 6) is 2.23. The van der Waals surface area contributed by atoms with Gasteiger partial charge in [-0.15, -0.1) is 0 Å². The van der Waals surface area contributed by atoms with Gasteiger partial charge < -0.3 is 14.2 Å². The summed E-state index contributed by atoms with van der Waals surface area (Å²) in [6.07, 6.45) is 0. The first kappa shape index (κ1) is 16.2. The summed E-state index contributed by atoms with van der Waals surface area (Å²) in [4.78, 5) is 0. The number of halogens is 2. The first-order chi connectivity index (χ1) is 10.2. The lowest BCUT2D eigenvalue weighted by atomic mass is 10.2. The van der Waals surface area contributed by atoms with Crippen LogP contribution in [0.2, 0.25) is 0 Å². The van der Waals surface area contributed by atoms with E-state index in [1.54, 1.807) is 14.2 Å². The van der Waals surface area contributed by atoms with Crippen molar-refractivity contribution in [1.29, 1.82) is 0 Å². The van der Waals surface area contributed by atoms with Gasteiger partial charge in [0.25, 0.3) is 0 Å². The van der Waals surface area contributed by atoms with Crippen LogP contribution in [0.3, 0.4) is 0 Å². The molecule has 112 valence electrons. The highest BCUT2D eigenvalue weighted by Gasteiger charge is 2.07. The van der Waals surface area contributed by atoms with Crippen LogP contribution in [0.15, 0.2) is 40.9 Å². The molecule has 0 saturated carbocycles. The Balaban J connectivity index is 2.09. The minimum absolute atomic E-state index is 0.465. The van der Waals surface area contributed by atoms with Crippen molar-refractivity contribution in [3.05, 3.63) is 52.0 Å². The summed E-state index contributed by atoms with van der Waals surface area (Å²) >= 11 is 6.96. The lowest BCUT2D eigenvalue weighted by Crippen LogP contribution is -1.98. The first-order valence-corrected chi connectivity index (χ1v) is 8.27. The molecule has 21 heavy (non-hydrogen) atoms. The van der Waals surface area contributed by atoms with Gasteiger partial charge in [-0.05, 0) is 51.3 Å². The van der Waals surface area contributed by atoms with Crippen molar-refractivity contribution in [2.45, 2.75) is 11.9 Å². The van der Waals surface area contributed by atoms with Crippen LogP contribution in [0.25, 0.3) is 0 Å². The zero-order chi connectivity index (χ0) is 15.2. The molecular weight excluding hydrogens is 400 g/mol. The van der Waals surface area contributed by atoms with Gasteiger partial charge in [-0.2, -0.15) is 0 Å². The van der Waals surface area contributed by atoms with E-state index >= 15 is 0 Å². The van der Waals surface area contributed by atoms with Crippen LogP contribution in [0.1, 0.15) is 11.1 Å². The zero-order valence-electron chi connectivity index (χ0n) is 11.9. The van der Waals surface area contributed by atoms with Crippen LogP contribution in [0, 0.1) is 0 Å². The van der Waals surface area contributed by atoms with Gasteiger partial charge in [0, 0.05) is 5.33 Å². The molecule has 0 aliphatic heterocycles. The van der Waals surface area contributed by atoms with E-state index in [1.807, 2.05) is 36.4 Å². The standard InChI is InChI=1S/C16H16Br2O3/c1-19-15-6-4-12(8-16(15)20-2)10-21-14-5-3-11(9-17)7-13(14)18/h3-8H,9-10H2,1-2H3. The number of methoxy groups -OCH3 is 2. The summed E-state index contributed by atoms with van der Waals surface area (Å²) in [6.45, 7) is 0.465. The molecule has 0 saturated heterocycles. The van der Waals surface area contributed by atoms with Crippen LogP contribution in [-0.4, -0.2) is 14.2 Å². The largest absolute Gasteiger partial charge is 0.493 e. The molecule has 3 nitrogen and oxygen atoms in total. The van der Waals surface area contributed by atoms with Gasteiger partial charge in [0.2, 0.25) is 0 Å². The van der Waals surface area contributed by atoms with Gasteiger partial charge in [0.05, 0.1) is 18.7 Å². The summed E-state index contributed by atoms with van der Waals surface area (Å²) in [5, 5.41) is 0.821. The molecule has 0 N–H and O–H groups in total. The fraction of sp³-hybridized carbons (Fsp3) is 0.250. The monoisotopic (exact) mass is 414 g/mol. The Morgan fingerprint density at radius 2 is 1.52 bits per heavy atom. The minimum Gasteiger partial charge on any atom is -0.493 e. The average molecular weight is 416 g/mol. The Morgan fingerprint density at radius 3 is 2.14 bits per heavy atom. The number of benzene rings is 2. The van der Waals surface area contributed by atoms with Crippen molar-refractivity contribution in [3.8, 4) is 17.2 Å². The fourth-order valence-corrected chi connectivity index (χ4v) is 2.77. The molecular formula is C16H16Br2O3. The lowest BCUT2D eigenvalue weighted by molar-refractivity contribution is 0.302. The topological polar surface area (TPSA) is 27.7 Å². The third-order valence-corrected chi connectivity index (χ3v) is 4.26. The van der Waals surface area contributed by atoms with E-state index in [9.17, 15) is 0 Å². The fourth-order valence-electron chi connectivity index (χ4n) is 1.88. The first-order valence-electron chi connectivity index (χ1n) is 6.36. The molecule has 0 unspecified atom stereocenters. The summed E-state index contributed by atoms with van der Waals surface area (Å²) in [7, 11) is 3.24. The van der Waals surface area contributed by atoms with E-state index in [0.717, 1.165) is 21.1 Å². The van der Waals surface area contributed by atoms with Gasteiger partial charge in [-0.1, -0.05) is 28.1 Å². The maximum Gasteiger partial charge on any atom is 0.161 e. The molecule has 0 atom stereocenters. The molecule has 2 aromatic rings. The maximum absolute atomic E-state index is 5.84.